The summed E-state index contributed by atoms with van der Waals surface area (Å²) >= 11 is 0. The second-order valence-electron chi connectivity index (χ2n) is 13.9. The number of rotatable bonds is 6. The van der Waals surface area contributed by atoms with E-state index in [1.807, 2.05) is 12.3 Å². The van der Waals surface area contributed by atoms with Crippen molar-refractivity contribution in [1.82, 2.24) is 19.1 Å². The molecule has 5 heteroatoms. The lowest BCUT2D eigenvalue weighted by Gasteiger charge is -2.27. The molecule has 0 bridgehead atoms. The molecule has 0 amide bonds. The topological polar surface area (TPSA) is 38.9 Å². The SMILES string of the molecule is c1ccc(N(c2ccccc2)c2cc3c(c4ccccc24)c2cc(-c4ncc5c(n4)c4ccccc4n5-c4ccccc4)ccc2n3-c2ccccc2)cc1. The Morgan fingerprint density at radius 3 is 1.58 bits per heavy atom. The van der Waals surface area contributed by atoms with Crippen LogP contribution in [0.3, 0.4) is 0 Å². The van der Waals surface area contributed by atoms with Gasteiger partial charge in [-0.1, -0.05) is 115 Å². The number of hydrogen-bond donors (Lipinski definition) is 0. The van der Waals surface area contributed by atoms with E-state index in [0.717, 1.165) is 72.4 Å². The molecule has 55 heavy (non-hydrogen) atoms. The Morgan fingerprint density at radius 1 is 0.400 bits per heavy atom. The molecule has 0 fully saturated rings. The van der Waals surface area contributed by atoms with Crippen LogP contribution in [0.25, 0.3) is 77.3 Å². The van der Waals surface area contributed by atoms with Gasteiger partial charge in [-0.3, -0.25) is 0 Å². The van der Waals surface area contributed by atoms with Gasteiger partial charge in [-0.2, -0.15) is 0 Å². The van der Waals surface area contributed by atoms with E-state index in [2.05, 4.69) is 202 Å². The van der Waals surface area contributed by atoms with Gasteiger partial charge in [-0.25, -0.2) is 9.97 Å². The smallest absolute Gasteiger partial charge is 0.159 e. The Kier molecular flexibility index (Phi) is 7.10. The number of fused-ring (bicyclic) bond motifs is 8. The zero-order chi connectivity index (χ0) is 36.3. The van der Waals surface area contributed by atoms with Crippen LogP contribution < -0.4 is 4.90 Å². The molecule has 3 aromatic heterocycles. The summed E-state index contributed by atoms with van der Waals surface area (Å²) in [6.07, 6.45) is 1.98. The number of hydrogen-bond acceptors (Lipinski definition) is 3. The first kappa shape index (κ1) is 31.1. The lowest BCUT2D eigenvalue weighted by molar-refractivity contribution is 1.14. The van der Waals surface area contributed by atoms with Crippen LogP contribution in [0.4, 0.5) is 17.1 Å². The fourth-order valence-corrected chi connectivity index (χ4v) is 8.35. The molecule has 0 radical (unpaired) electrons. The Balaban J connectivity index is 1.19. The van der Waals surface area contributed by atoms with Crippen LogP contribution >= 0.6 is 0 Å². The Bertz CT molecular complexity index is 3150. The molecular formula is C50H33N5. The predicted molar refractivity (Wildman–Crippen MR) is 228 cm³/mol. The summed E-state index contributed by atoms with van der Waals surface area (Å²) in [7, 11) is 0. The van der Waals surface area contributed by atoms with Gasteiger partial charge in [0.15, 0.2) is 5.82 Å². The van der Waals surface area contributed by atoms with Gasteiger partial charge in [0.25, 0.3) is 0 Å². The lowest BCUT2D eigenvalue weighted by atomic mass is 10.00. The van der Waals surface area contributed by atoms with Crippen LogP contribution in [0.15, 0.2) is 200 Å². The predicted octanol–water partition coefficient (Wildman–Crippen LogP) is 13.0. The second-order valence-corrected chi connectivity index (χ2v) is 13.9. The maximum Gasteiger partial charge on any atom is 0.159 e. The minimum absolute atomic E-state index is 0.700. The third-order valence-corrected chi connectivity index (χ3v) is 10.7. The van der Waals surface area contributed by atoms with Crippen LogP contribution in [0.1, 0.15) is 0 Å². The van der Waals surface area contributed by atoms with Crippen LogP contribution in [-0.2, 0) is 0 Å². The average Bonchev–Trinajstić information content (AvgIpc) is 3.77. The number of benzene rings is 8. The van der Waals surface area contributed by atoms with Crippen molar-refractivity contribution in [2.75, 3.05) is 4.90 Å². The van der Waals surface area contributed by atoms with Gasteiger partial charge in [-0.05, 0) is 84.2 Å². The molecule has 8 aromatic carbocycles. The molecule has 0 N–H and O–H groups in total. The van der Waals surface area contributed by atoms with E-state index in [1.165, 1.54) is 16.2 Å². The van der Waals surface area contributed by atoms with E-state index in [-0.39, 0.29) is 0 Å². The van der Waals surface area contributed by atoms with E-state index in [1.54, 1.807) is 0 Å². The number of anilines is 3. The van der Waals surface area contributed by atoms with Gasteiger partial charge in [0, 0.05) is 49.9 Å². The maximum absolute atomic E-state index is 5.29. The number of nitrogens with zero attached hydrogens (tertiary/aromatic N) is 5. The largest absolute Gasteiger partial charge is 0.310 e. The summed E-state index contributed by atoms with van der Waals surface area (Å²) in [6.45, 7) is 0. The molecule has 0 aliphatic heterocycles. The molecule has 0 aliphatic carbocycles. The summed E-state index contributed by atoms with van der Waals surface area (Å²) in [5.41, 5.74) is 11.8. The summed E-state index contributed by atoms with van der Waals surface area (Å²) < 4.78 is 4.65. The summed E-state index contributed by atoms with van der Waals surface area (Å²) in [4.78, 5) is 12.7. The molecule has 0 aliphatic rings. The standard InChI is InChI=1S/C50H33N5/c1-5-17-35(18-6-1)53(36-19-7-2-8-20-36)45-32-46-48(40-26-14-13-25-39(40)45)42-31-34(29-30-44(42)54(46)37-21-9-3-10-22-37)50-51-33-47-49(52-50)41-27-15-16-28-43(41)55(47)38-23-11-4-12-24-38/h1-33H. The van der Waals surface area contributed by atoms with Gasteiger partial charge in [0.1, 0.15) is 5.52 Å². The van der Waals surface area contributed by atoms with Crippen molar-refractivity contribution in [3.63, 3.8) is 0 Å². The normalized spacial score (nSPS) is 11.6. The first-order chi connectivity index (χ1) is 27.3. The van der Waals surface area contributed by atoms with Crippen molar-refractivity contribution in [1.29, 1.82) is 0 Å². The molecule has 0 unspecified atom stereocenters. The van der Waals surface area contributed by atoms with Gasteiger partial charge in [-0.15, -0.1) is 0 Å². The van der Waals surface area contributed by atoms with Crippen molar-refractivity contribution in [2.45, 2.75) is 0 Å². The monoisotopic (exact) mass is 703 g/mol. The van der Waals surface area contributed by atoms with Crippen molar-refractivity contribution in [3.05, 3.63) is 200 Å². The van der Waals surface area contributed by atoms with E-state index < -0.39 is 0 Å². The summed E-state index contributed by atoms with van der Waals surface area (Å²) in [6, 6.07) is 68.7. The van der Waals surface area contributed by atoms with E-state index in [0.29, 0.717) is 5.82 Å². The Hall–Kier alpha value is -7.50. The Morgan fingerprint density at radius 2 is 0.927 bits per heavy atom. The second kappa shape index (κ2) is 12.6. The molecule has 0 atom stereocenters. The quantitative estimate of drug-likeness (QED) is 0.173. The van der Waals surface area contributed by atoms with Crippen molar-refractivity contribution < 1.29 is 0 Å². The molecular weight excluding hydrogens is 671 g/mol. The highest BCUT2D eigenvalue weighted by atomic mass is 15.1. The van der Waals surface area contributed by atoms with Crippen molar-refractivity contribution >= 4 is 71.6 Å². The van der Waals surface area contributed by atoms with Gasteiger partial charge >= 0.3 is 0 Å². The van der Waals surface area contributed by atoms with Gasteiger partial charge in [0.2, 0.25) is 0 Å². The number of para-hydroxylation sites is 5. The minimum Gasteiger partial charge on any atom is -0.310 e. The fourth-order valence-electron chi connectivity index (χ4n) is 8.35. The van der Waals surface area contributed by atoms with E-state index in [9.17, 15) is 0 Å². The van der Waals surface area contributed by atoms with E-state index in [4.69, 9.17) is 9.97 Å². The molecule has 11 rings (SSSR count). The van der Waals surface area contributed by atoms with Crippen molar-refractivity contribution in [2.24, 2.45) is 0 Å². The maximum atomic E-state index is 5.29. The average molecular weight is 704 g/mol. The zero-order valence-electron chi connectivity index (χ0n) is 29.8. The molecule has 5 nitrogen and oxygen atoms in total. The highest BCUT2D eigenvalue weighted by molar-refractivity contribution is 6.25. The molecule has 0 saturated heterocycles. The first-order valence-electron chi connectivity index (χ1n) is 18.6. The number of aromatic nitrogens is 4. The first-order valence-corrected chi connectivity index (χ1v) is 18.6. The van der Waals surface area contributed by atoms with Crippen LogP contribution in [0.5, 0.6) is 0 Å². The lowest BCUT2D eigenvalue weighted by Crippen LogP contribution is -2.10. The highest BCUT2D eigenvalue weighted by Crippen LogP contribution is 2.46. The third-order valence-electron chi connectivity index (χ3n) is 10.7. The van der Waals surface area contributed by atoms with Crippen LogP contribution in [-0.4, -0.2) is 19.1 Å². The third kappa shape index (κ3) is 4.94. The van der Waals surface area contributed by atoms with Crippen LogP contribution in [0.2, 0.25) is 0 Å². The van der Waals surface area contributed by atoms with Crippen molar-refractivity contribution in [3.8, 4) is 22.8 Å². The van der Waals surface area contributed by atoms with Gasteiger partial charge in [0.05, 0.1) is 34.0 Å². The fraction of sp³-hybridized carbons (Fsp3) is 0. The summed E-state index contributed by atoms with van der Waals surface area (Å²) in [5, 5.41) is 5.81. The van der Waals surface area contributed by atoms with E-state index >= 15 is 0 Å². The molecule has 0 spiro atoms. The summed E-state index contributed by atoms with van der Waals surface area (Å²) in [5.74, 6) is 0.700. The zero-order valence-corrected chi connectivity index (χ0v) is 29.8. The molecule has 3 heterocycles. The van der Waals surface area contributed by atoms with Gasteiger partial charge < -0.3 is 14.0 Å². The molecule has 258 valence electrons. The molecule has 0 saturated carbocycles. The minimum atomic E-state index is 0.700. The van der Waals surface area contributed by atoms with Crippen LogP contribution in [0, 0.1) is 0 Å². The molecule has 11 aromatic rings. The highest BCUT2D eigenvalue weighted by Gasteiger charge is 2.23. The Labute approximate surface area is 317 Å².